The number of nitrogens with one attached hydrogen (secondary N) is 1. The molecular weight excluding hydrogens is 396 g/mol. The van der Waals surface area contributed by atoms with Crippen LogP contribution in [0.3, 0.4) is 0 Å². The molecule has 3 aromatic rings. The number of anilines is 2. The van der Waals surface area contributed by atoms with Gasteiger partial charge in [-0.15, -0.1) is 0 Å². The van der Waals surface area contributed by atoms with E-state index in [0.717, 1.165) is 22.4 Å². The van der Waals surface area contributed by atoms with Crippen LogP contribution < -0.4 is 10.2 Å². The first-order chi connectivity index (χ1) is 14.3. The van der Waals surface area contributed by atoms with Crippen LogP contribution in [0, 0.1) is 20.8 Å². The highest BCUT2D eigenvalue weighted by Crippen LogP contribution is 2.34. The predicted octanol–water partition coefficient (Wildman–Crippen LogP) is 5.66. The highest BCUT2D eigenvalue weighted by Gasteiger charge is 2.40. The molecule has 0 bridgehead atoms. The number of benzene rings is 3. The minimum absolute atomic E-state index is 0.271. The Bertz CT molecular complexity index is 1180. The molecule has 5 heteroatoms. The van der Waals surface area contributed by atoms with Crippen molar-refractivity contribution in [3.63, 3.8) is 0 Å². The molecule has 4 nitrogen and oxygen atoms in total. The zero-order valence-corrected chi connectivity index (χ0v) is 17.7. The molecule has 1 aliphatic rings. The van der Waals surface area contributed by atoms with Crippen molar-refractivity contribution >= 4 is 40.4 Å². The highest BCUT2D eigenvalue weighted by molar-refractivity contribution is 6.46. The van der Waals surface area contributed by atoms with E-state index < -0.39 is 0 Å². The lowest BCUT2D eigenvalue weighted by molar-refractivity contribution is -0.120. The molecule has 1 N–H and O–H groups in total. The minimum atomic E-state index is -0.390. The van der Waals surface area contributed by atoms with Crippen LogP contribution in [-0.2, 0) is 9.59 Å². The first kappa shape index (κ1) is 19.9. The molecular formula is C25H21ClN2O2. The molecule has 0 atom stereocenters. The number of rotatable bonds is 4. The third kappa shape index (κ3) is 3.62. The number of nitrogens with zero attached hydrogens (tertiary/aromatic N) is 1. The fourth-order valence-electron chi connectivity index (χ4n) is 3.46. The Hall–Kier alpha value is -3.37. The van der Waals surface area contributed by atoms with Crippen molar-refractivity contribution in [3.05, 3.63) is 99.7 Å². The summed E-state index contributed by atoms with van der Waals surface area (Å²) in [6.07, 6.45) is 0. The van der Waals surface area contributed by atoms with Crippen LogP contribution in [0.2, 0.25) is 5.02 Å². The van der Waals surface area contributed by atoms with Gasteiger partial charge in [0.05, 0.1) is 11.3 Å². The molecule has 0 aliphatic carbocycles. The fraction of sp³-hybridized carbons (Fsp3) is 0.120. The molecule has 4 rings (SSSR count). The summed E-state index contributed by atoms with van der Waals surface area (Å²) in [4.78, 5) is 28.0. The average molecular weight is 417 g/mol. The lowest BCUT2D eigenvalue weighted by Crippen LogP contribution is -2.32. The van der Waals surface area contributed by atoms with E-state index >= 15 is 0 Å². The summed E-state index contributed by atoms with van der Waals surface area (Å²) in [6.45, 7) is 5.93. The van der Waals surface area contributed by atoms with Crippen LogP contribution in [0.4, 0.5) is 11.4 Å². The largest absolute Gasteiger partial charge is 0.350 e. The molecule has 2 amide bonds. The van der Waals surface area contributed by atoms with Crippen molar-refractivity contribution in [3.8, 4) is 0 Å². The molecule has 0 radical (unpaired) electrons. The summed E-state index contributed by atoms with van der Waals surface area (Å²) < 4.78 is 0. The summed E-state index contributed by atoms with van der Waals surface area (Å²) in [5.41, 5.74) is 5.74. The number of hydrogen-bond acceptors (Lipinski definition) is 3. The molecule has 1 heterocycles. The number of imide groups is 1. The molecule has 0 spiro atoms. The van der Waals surface area contributed by atoms with Gasteiger partial charge in [0, 0.05) is 10.7 Å². The van der Waals surface area contributed by atoms with E-state index in [1.807, 2.05) is 63.2 Å². The van der Waals surface area contributed by atoms with Crippen molar-refractivity contribution in [1.82, 2.24) is 0 Å². The van der Waals surface area contributed by atoms with Crippen molar-refractivity contribution < 1.29 is 9.59 Å². The third-order valence-corrected chi connectivity index (χ3v) is 5.41. The van der Waals surface area contributed by atoms with Gasteiger partial charge in [-0.1, -0.05) is 53.6 Å². The zero-order chi connectivity index (χ0) is 21.4. The van der Waals surface area contributed by atoms with Crippen LogP contribution >= 0.6 is 11.6 Å². The Morgan fingerprint density at radius 3 is 2.07 bits per heavy atom. The maximum absolute atomic E-state index is 13.4. The van der Waals surface area contributed by atoms with Gasteiger partial charge >= 0.3 is 0 Å². The third-order valence-electron chi connectivity index (χ3n) is 5.16. The van der Waals surface area contributed by atoms with Gasteiger partial charge in [-0.25, -0.2) is 4.90 Å². The normalized spacial score (nSPS) is 13.9. The molecule has 0 saturated carbocycles. The summed E-state index contributed by atoms with van der Waals surface area (Å²) in [5, 5.41) is 3.79. The molecule has 0 fully saturated rings. The molecule has 1 aliphatic heterocycles. The standard InChI is InChI=1S/C25H21ClN2O2/c1-15-5-8-18(9-6-15)22-23(27-21-14-16(2)4-7-17(21)3)25(30)28(24(22)29)20-12-10-19(26)11-13-20/h4-14,27H,1-3H3. The fourth-order valence-corrected chi connectivity index (χ4v) is 3.59. The van der Waals surface area contributed by atoms with Crippen LogP contribution in [0.1, 0.15) is 22.3 Å². The van der Waals surface area contributed by atoms with E-state index in [4.69, 9.17) is 11.6 Å². The monoisotopic (exact) mass is 416 g/mol. The van der Waals surface area contributed by atoms with Gasteiger partial charge in [0.15, 0.2) is 0 Å². The Balaban J connectivity index is 1.84. The van der Waals surface area contributed by atoms with Crippen molar-refractivity contribution in [1.29, 1.82) is 0 Å². The Labute approximate surface area is 180 Å². The Kier molecular flexibility index (Phi) is 5.18. The zero-order valence-electron chi connectivity index (χ0n) is 17.0. The number of halogens is 1. The number of aryl methyl sites for hydroxylation is 3. The minimum Gasteiger partial charge on any atom is -0.350 e. The summed E-state index contributed by atoms with van der Waals surface area (Å²) >= 11 is 5.99. The van der Waals surface area contributed by atoms with Crippen LogP contribution in [0.25, 0.3) is 5.57 Å². The molecule has 0 saturated heterocycles. The average Bonchev–Trinajstić information content (AvgIpc) is 2.96. The number of carbonyl (C=O) groups is 2. The summed E-state index contributed by atoms with van der Waals surface area (Å²) in [6, 6.07) is 20.2. The molecule has 150 valence electrons. The Morgan fingerprint density at radius 2 is 1.40 bits per heavy atom. The maximum Gasteiger partial charge on any atom is 0.282 e. The van der Waals surface area contributed by atoms with E-state index in [0.29, 0.717) is 21.8 Å². The van der Waals surface area contributed by atoms with Gasteiger partial charge in [0.2, 0.25) is 0 Å². The van der Waals surface area contributed by atoms with E-state index in [-0.39, 0.29) is 17.5 Å². The lowest BCUT2D eigenvalue weighted by Gasteiger charge is -2.16. The quantitative estimate of drug-likeness (QED) is 0.558. The predicted molar refractivity (Wildman–Crippen MR) is 122 cm³/mol. The van der Waals surface area contributed by atoms with Crippen LogP contribution in [0.5, 0.6) is 0 Å². The Morgan fingerprint density at radius 1 is 0.767 bits per heavy atom. The molecule has 30 heavy (non-hydrogen) atoms. The molecule has 0 unspecified atom stereocenters. The SMILES string of the molecule is Cc1ccc(C2=C(Nc3cc(C)ccc3C)C(=O)N(c3ccc(Cl)cc3)C2=O)cc1. The lowest BCUT2D eigenvalue weighted by atomic mass is 10.0. The van der Waals surface area contributed by atoms with Gasteiger partial charge in [-0.2, -0.15) is 0 Å². The van der Waals surface area contributed by atoms with Gasteiger partial charge in [-0.05, 0) is 67.8 Å². The van der Waals surface area contributed by atoms with Gasteiger partial charge in [-0.3, -0.25) is 9.59 Å². The van der Waals surface area contributed by atoms with Crippen LogP contribution in [0.15, 0.2) is 72.4 Å². The van der Waals surface area contributed by atoms with E-state index in [9.17, 15) is 9.59 Å². The maximum atomic E-state index is 13.4. The first-order valence-corrected chi connectivity index (χ1v) is 10.0. The van der Waals surface area contributed by atoms with Gasteiger partial charge in [0.1, 0.15) is 5.70 Å². The van der Waals surface area contributed by atoms with E-state index in [1.54, 1.807) is 24.3 Å². The van der Waals surface area contributed by atoms with Crippen LogP contribution in [-0.4, -0.2) is 11.8 Å². The summed E-state index contributed by atoms with van der Waals surface area (Å²) in [7, 11) is 0. The van der Waals surface area contributed by atoms with Crippen molar-refractivity contribution in [2.24, 2.45) is 0 Å². The van der Waals surface area contributed by atoms with Crippen molar-refractivity contribution in [2.75, 3.05) is 10.2 Å². The first-order valence-electron chi connectivity index (χ1n) is 9.65. The van der Waals surface area contributed by atoms with Gasteiger partial charge in [0.25, 0.3) is 11.8 Å². The smallest absolute Gasteiger partial charge is 0.282 e. The number of carbonyl (C=O) groups excluding carboxylic acids is 2. The van der Waals surface area contributed by atoms with E-state index in [2.05, 4.69) is 5.32 Å². The second kappa shape index (κ2) is 7.81. The highest BCUT2D eigenvalue weighted by atomic mass is 35.5. The molecule has 3 aromatic carbocycles. The molecule has 0 aromatic heterocycles. The second-order valence-electron chi connectivity index (χ2n) is 7.48. The topological polar surface area (TPSA) is 49.4 Å². The number of amides is 2. The van der Waals surface area contributed by atoms with Gasteiger partial charge < -0.3 is 5.32 Å². The van der Waals surface area contributed by atoms with Crippen molar-refractivity contribution in [2.45, 2.75) is 20.8 Å². The second-order valence-corrected chi connectivity index (χ2v) is 7.92. The number of hydrogen-bond donors (Lipinski definition) is 1. The summed E-state index contributed by atoms with van der Waals surface area (Å²) in [5.74, 6) is -0.752. The van der Waals surface area contributed by atoms with E-state index in [1.165, 1.54) is 4.90 Å².